The number of carboxylic acids is 1. The van der Waals surface area contributed by atoms with Crippen molar-refractivity contribution in [1.29, 1.82) is 0 Å². The Morgan fingerprint density at radius 2 is 1.59 bits per heavy atom. The summed E-state index contributed by atoms with van der Waals surface area (Å²) < 4.78 is 15.6. The van der Waals surface area contributed by atoms with Gasteiger partial charge in [0.25, 0.3) is 0 Å². The minimum absolute atomic E-state index is 0.0752. The molecule has 0 aliphatic heterocycles. The average Bonchev–Trinajstić information content (AvgIpc) is 2.59. The highest BCUT2D eigenvalue weighted by atomic mass is 16.6. The molecular formula is C18H36N4O7. The first-order chi connectivity index (χ1) is 13.6. The highest BCUT2D eigenvalue weighted by Crippen LogP contribution is 2.05. The molecule has 0 aromatic carbocycles. The number of amides is 2. The summed E-state index contributed by atoms with van der Waals surface area (Å²) in [6, 6.07) is 0. The van der Waals surface area contributed by atoms with Crippen LogP contribution in [0.15, 0.2) is 0 Å². The quantitative estimate of drug-likeness (QED) is 0.238. The van der Waals surface area contributed by atoms with E-state index in [2.05, 4.69) is 16.0 Å². The van der Waals surface area contributed by atoms with Crippen molar-refractivity contribution in [2.75, 3.05) is 72.7 Å². The van der Waals surface area contributed by atoms with Crippen molar-refractivity contribution in [1.82, 2.24) is 20.9 Å². The fourth-order valence-electron chi connectivity index (χ4n) is 2.06. The number of aliphatic carboxylic acids is 1. The second kappa shape index (κ2) is 15.9. The van der Waals surface area contributed by atoms with Gasteiger partial charge >= 0.3 is 12.1 Å². The zero-order chi connectivity index (χ0) is 22.1. The van der Waals surface area contributed by atoms with Crippen LogP contribution >= 0.6 is 0 Å². The Hall–Kier alpha value is -1.95. The van der Waals surface area contributed by atoms with Gasteiger partial charge < -0.3 is 35.3 Å². The lowest BCUT2D eigenvalue weighted by Crippen LogP contribution is -2.41. The highest BCUT2D eigenvalue weighted by molar-refractivity contribution is 5.77. The molecule has 0 saturated carbocycles. The second-order valence-corrected chi connectivity index (χ2v) is 7.22. The fourth-order valence-corrected chi connectivity index (χ4v) is 2.06. The van der Waals surface area contributed by atoms with E-state index < -0.39 is 17.7 Å². The van der Waals surface area contributed by atoms with Gasteiger partial charge in [0, 0.05) is 32.7 Å². The van der Waals surface area contributed by atoms with Crippen molar-refractivity contribution in [3.63, 3.8) is 0 Å². The Bertz CT molecular complexity index is 483. The van der Waals surface area contributed by atoms with Gasteiger partial charge in [0.2, 0.25) is 5.91 Å². The van der Waals surface area contributed by atoms with E-state index in [1.165, 1.54) is 0 Å². The van der Waals surface area contributed by atoms with Crippen LogP contribution in [0.3, 0.4) is 0 Å². The van der Waals surface area contributed by atoms with Gasteiger partial charge in [0.1, 0.15) is 12.2 Å². The molecule has 0 atom stereocenters. The summed E-state index contributed by atoms with van der Waals surface area (Å²) in [6.45, 7) is 8.35. The van der Waals surface area contributed by atoms with Crippen LogP contribution in [0.25, 0.3) is 0 Å². The van der Waals surface area contributed by atoms with Crippen LogP contribution < -0.4 is 16.0 Å². The Morgan fingerprint density at radius 1 is 0.931 bits per heavy atom. The van der Waals surface area contributed by atoms with Crippen molar-refractivity contribution in [2.45, 2.75) is 26.4 Å². The molecule has 29 heavy (non-hydrogen) atoms. The fraction of sp³-hybridized carbons (Fsp3) is 0.833. The number of carbonyl (C=O) groups excluding carboxylic acids is 2. The first-order valence-electron chi connectivity index (χ1n) is 9.62. The van der Waals surface area contributed by atoms with Crippen molar-refractivity contribution in [3.05, 3.63) is 0 Å². The van der Waals surface area contributed by atoms with E-state index in [-0.39, 0.29) is 25.7 Å². The predicted molar refractivity (Wildman–Crippen MR) is 107 cm³/mol. The lowest BCUT2D eigenvalue weighted by atomic mass is 10.2. The zero-order valence-corrected chi connectivity index (χ0v) is 17.9. The molecule has 0 unspecified atom stereocenters. The number of nitrogens with one attached hydrogen (secondary N) is 3. The van der Waals surface area contributed by atoms with Crippen LogP contribution in [0.2, 0.25) is 0 Å². The van der Waals surface area contributed by atoms with Gasteiger partial charge in [-0.15, -0.1) is 0 Å². The Morgan fingerprint density at radius 3 is 2.21 bits per heavy atom. The molecule has 0 saturated heterocycles. The molecule has 2 amide bonds. The minimum atomic E-state index is -0.906. The molecule has 0 aliphatic rings. The highest BCUT2D eigenvalue weighted by Gasteiger charge is 2.15. The molecule has 4 N–H and O–H groups in total. The molecule has 11 heteroatoms. The van der Waals surface area contributed by atoms with Gasteiger partial charge in [-0.25, -0.2) is 4.79 Å². The third-order valence-corrected chi connectivity index (χ3v) is 3.31. The zero-order valence-electron chi connectivity index (χ0n) is 17.9. The number of ether oxygens (including phenoxy) is 3. The maximum absolute atomic E-state index is 11.7. The van der Waals surface area contributed by atoms with Gasteiger partial charge in [0.05, 0.1) is 26.4 Å². The molecule has 0 fully saturated rings. The maximum atomic E-state index is 11.7. The first kappa shape index (κ1) is 27.0. The number of alkyl carbamates (subject to hydrolysis) is 1. The largest absolute Gasteiger partial charge is 0.480 e. The summed E-state index contributed by atoms with van der Waals surface area (Å²) in [5, 5.41) is 17.1. The first-order valence-corrected chi connectivity index (χ1v) is 9.62. The summed E-state index contributed by atoms with van der Waals surface area (Å²) in [7, 11) is 1.79. The van der Waals surface area contributed by atoms with Crippen molar-refractivity contribution < 1.29 is 33.7 Å². The van der Waals surface area contributed by atoms with Gasteiger partial charge in [-0.1, -0.05) is 0 Å². The van der Waals surface area contributed by atoms with E-state index in [1.807, 2.05) is 0 Å². The molecule has 0 rings (SSSR count). The Balaban J connectivity index is 3.64. The molecule has 11 nitrogen and oxygen atoms in total. The lowest BCUT2D eigenvalue weighted by molar-refractivity contribution is -0.138. The van der Waals surface area contributed by atoms with Crippen molar-refractivity contribution in [3.8, 4) is 0 Å². The standard InChI is InChI=1S/C18H36N4O7/c1-18(2,3)29-17(26)21-7-10-27-11-12-28-14-15(23)20-6-9-22(8-5-19-4)13-16(24)25/h19H,5-14H2,1-4H3,(H,20,23)(H,21,26)(H,24,25). The van der Waals surface area contributed by atoms with E-state index in [0.717, 1.165) is 0 Å². The normalized spacial score (nSPS) is 11.3. The summed E-state index contributed by atoms with van der Waals surface area (Å²) in [5.74, 6) is -1.18. The summed E-state index contributed by atoms with van der Waals surface area (Å²) in [6.07, 6.45) is -0.498. The van der Waals surface area contributed by atoms with Gasteiger partial charge in [0.15, 0.2) is 0 Å². The number of hydrogen-bond acceptors (Lipinski definition) is 8. The summed E-state index contributed by atoms with van der Waals surface area (Å²) in [5.41, 5.74) is -0.541. The summed E-state index contributed by atoms with van der Waals surface area (Å²) >= 11 is 0. The van der Waals surface area contributed by atoms with E-state index in [9.17, 15) is 14.4 Å². The molecular weight excluding hydrogens is 384 g/mol. The number of carbonyl (C=O) groups is 3. The van der Waals surface area contributed by atoms with Gasteiger partial charge in [-0.05, 0) is 27.8 Å². The Kier molecular flexibility index (Phi) is 14.8. The molecule has 0 aromatic heterocycles. The molecule has 0 aliphatic carbocycles. The number of rotatable bonds is 16. The van der Waals surface area contributed by atoms with E-state index in [4.69, 9.17) is 19.3 Å². The monoisotopic (exact) mass is 420 g/mol. The van der Waals surface area contributed by atoms with Gasteiger partial charge in [-0.3, -0.25) is 14.5 Å². The third-order valence-electron chi connectivity index (χ3n) is 3.31. The summed E-state index contributed by atoms with van der Waals surface area (Å²) in [4.78, 5) is 35.7. The van der Waals surface area contributed by atoms with E-state index >= 15 is 0 Å². The molecule has 0 bridgehead atoms. The van der Waals surface area contributed by atoms with Crippen LogP contribution in [0.5, 0.6) is 0 Å². The van der Waals surface area contributed by atoms with Crippen LogP contribution in [-0.4, -0.2) is 106 Å². The number of likely N-dealkylation sites (N-methyl/N-ethyl adjacent to an activating group) is 1. The predicted octanol–water partition coefficient (Wildman–Crippen LogP) is -0.733. The SMILES string of the molecule is CNCCN(CCNC(=O)COCCOCCNC(=O)OC(C)(C)C)CC(=O)O. The number of hydrogen-bond donors (Lipinski definition) is 4. The topological polar surface area (TPSA) is 138 Å². The molecule has 0 spiro atoms. The molecule has 0 aromatic rings. The average molecular weight is 421 g/mol. The minimum Gasteiger partial charge on any atom is -0.480 e. The molecule has 170 valence electrons. The molecule has 0 radical (unpaired) electrons. The van der Waals surface area contributed by atoms with Crippen molar-refractivity contribution in [2.24, 2.45) is 0 Å². The molecule has 0 heterocycles. The third kappa shape index (κ3) is 19.2. The van der Waals surface area contributed by atoms with E-state index in [1.54, 1.807) is 32.7 Å². The van der Waals surface area contributed by atoms with Crippen LogP contribution in [-0.2, 0) is 23.8 Å². The van der Waals surface area contributed by atoms with E-state index in [0.29, 0.717) is 45.9 Å². The smallest absolute Gasteiger partial charge is 0.407 e. The van der Waals surface area contributed by atoms with Crippen LogP contribution in [0, 0.1) is 0 Å². The van der Waals surface area contributed by atoms with Crippen LogP contribution in [0.1, 0.15) is 20.8 Å². The Labute approximate surface area is 172 Å². The van der Waals surface area contributed by atoms with Crippen molar-refractivity contribution >= 4 is 18.0 Å². The maximum Gasteiger partial charge on any atom is 0.407 e. The van der Waals surface area contributed by atoms with Gasteiger partial charge in [-0.2, -0.15) is 0 Å². The number of nitrogens with zero attached hydrogens (tertiary/aromatic N) is 1. The van der Waals surface area contributed by atoms with Crippen LogP contribution in [0.4, 0.5) is 4.79 Å². The second-order valence-electron chi connectivity index (χ2n) is 7.22. The lowest BCUT2D eigenvalue weighted by Gasteiger charge is -2.20. The number of carboxylic acid groups (broad SMARTS) is 1.